The number of amides is 3. The maximum absolute atomic E-state index is 14.4. The number of nitrogens with zero attached hydrogens (tertiary/aromatic N) is 5. The Balaban J connectivity index is 1.16. The van der Waals surface area contributed by atoms with E-state index in [1.807, 2.05) is 58.6 Å². The average molecular weight is 762 g/mol. The highest BCUT2D eigenvalue weighted by Gasteiger charge is 2.50. The number of fused-ring (bicyclic) bond motifs is 4. The maximum Gasteiger partial charge on any atom is 0.413 e. The first kappa shape index (κ1) is 37.3. The van der Waals surface area contributed by atoms with Gasteiger partial charge in [0.25, 0.3) is 5.91 Å². The predicted molar refractivity (Wildman–Crippen MR) is 214 cm³/mol. The van der Waals surface area contributed by atoms with Gasteiger partial charge in [-0.2, -0.15) is 0 Å². The standard InChI is InChI=1S/C43H51N7O6/c1-42(2,3)55-40(52)46-35-17-14-26(21-44-35)23-50-37-30(45-38(50)33-19-27-10-8-9-11-31(27)48(33)22-25-12-13-25)18-29(20-34(37)54-7)39(51)49-24-28-15-16-32(49)36(28)47-41(53)56-43(4,5)6/h8-11,14,17-21,25,28,32,36H,12-13,15-16,22-24H2,1-7H3,(H,47,53)(H,44,46,52)/t28-,32-,36-/m1/s1. The monoisotopic (exact) mass is 761 g/mol. The van der Waals surface area contributed by atoms with E-state index in [1.165, 1.54) is 12.8 Å². The van der Waals surface area contributed by atoms with E-state index in [1.54, 1.807) is 25.4 Å². The first-order valence-electron chi connectivity index (χ1n) is 19.6. The van der Waals surface area contributed by atoms with Crippen molar-refractivity contribution < 1.29 is 28.6 Å². The van der Waals surface area contributed by atoms with Crippen LogP contribution in [0.15, 0.2) is 60.8 Å². The van der Waals surface area contributed by atoms with Crippen LogP contribution in [0.3, 0.4) is 0 Å². The van der Waals surface area contributed by atoms with E-state index in [4.69, 9.17) is 19.2 Å². The number of methoxy groups -OCH3 is 1. The Morgan fingerprint density at radius 2 is 1.62 bits per heavy atom. The number of piperidine rings is 1. The zero-order valence-electron chi connectivity index (χ0n) is 33.2. The van der Waals surface area contributed by atoms with Crippen molar-refractivity contribution >= 4 is 45.8 Å². The fourth-order valence-corrected chi connectivity index (χ4v) is 8.25. The number of likely N-dealkylation sites (tertiary alicyclic amines) is 1. The van der Waals surface area contributed by atoms with Crippen molar-refractivity contribution in [3.8, 4) is 17.3 Å². The molecule has 3 aromatic heterocycles. The minimum absolute atomic E-state index is 0.121. The molecule has 5 aromatic rings. The minimum atomic E-state index is -0.635. The van der Waals surface area contributed by atoms with Crippen LogP contribution >= 0.6 is 0 Å². The summed E-state index contributed by atoms with van der Waals surface area (Å²) >= 11 is 0. The van der Waals surface area contributed by atoms with Crippen LogP contribution in [-0.2, 0) is 22.6 Å². The number of para-hydroxylation sites is 1. The summed E-state index contributed by atoms with van der Waals surface area (Å²) in [6, 6.07) is 17.6. The van der Waals surface area contributed by atoms with Crippen LogP contribution < -0.4 is 15.4 Å². The molecule has 2 aliphatic carbocycles. The van der Waals surface area contributed by atoms with Gasteiger partial charge in [0.05, 0.1) is 36.9 Å². The molecule has 2 aromatic carbocycles. The lowest BCUT2D eigenvalue weighted by Gasteiger charge is -2.28. The third kappa shape index (κ3) is 7.63. The van der Waals surface area contributed by atoms with E-state index in [-0.39, 0.29) is 23.9 Å². The van der Waals surface area contributed by atoms with E-state index in [0.29, 0.717) is 41.7 Å². The second kappa shape index (κ2) is 14.2. The van der Waals surface area contributed by atoms with E-state index in [9.17, 15) is 14.4 Å². The number of hydrogen-bond donors (Lipinski definition) is 2. The van der Waals surface area contributed by atoms with Gasteiger partial charge in [-0.05, 0) is 115 Å². The molecule has 294 valence electrons. The van der Waals surface area contributed by atoms with Gasteiger partial charge in [-0.3, -0.25) is 10.1 Å². The molecule has 0 unspecified atom stereocenters. The lowest BCUT2D eigenvalue weighted by atomic mass is 10.1. The van der Waals surface area contributed by atoms with Crippen molar-refractivity contribution in [1.29, 1.82) is 0 Å². The number of benzene rings is 2. The lowest BCUT2D eigenvalue weighted by molar-refractivity contribution is 0.0484. The first-order valence-corrected chi connectivity index (χ1v) is 19.6. The number of carbonyl (C=O) groups excluding carboxylic acids is 3. The molecule has 3 fully saturated rings. The number of anilines is 1. The highest BCUT2D eigenvalue weighted by molar-refractivity contribution is 6.01. The van der Waals surface area contributed by atoms with E-state index in [0.717, 1.165) is 52.9 Å². The van der Waals surface area contributed by atoms with Crippen molar-refractivity contribution in [1.82, 2.24) is 29.3 Å². The van der Waals surface area contributed by atoms with Gasteiger partial charge in [0, 0.05) is 35.8 Å². The quantitative estimate of drug-likeness (QED) is 0.154. The van der Waals surface area contributed by atoms with Gasteiger partial charge in [-0.25, -0.2) is 19.6 Å². The number of carbonyl (C=O) groups is 3. The van der Waals surface area contributed by atoms with Crippen LogP contribution in [0, 0.1) is 11.8 Å². The summed E-state index contributed by atoms with van der Waals surface area (Å²) in [5, 5.41) is 6.90. The van der Waals surface area contributed by atoms with Gasteiger partial charge in [-0.15, -0.1) is 0 Å². The van der Waals surface area contributed by atoms with Crippen LogP contribution in [0.25, 0.3) is 33.5 Å². The highest BCUT2D eigenvalue weighted by Crippen LogP contribution is 2.41. The molecule has 56 heavy (non-hydrogen) atoms. The number of ether oxygens (including phenoxy) is 3. The summed E-state index contributed by atoms with van der Waals surface area (Å²) in [5.74, 6) is 2.30. The van der Waals surface area contributed by atoms with Crippen LogP contribution in [0.1, 0.15) is 83.1 Å². The molecule has 2 saturated carbocycles. The Bertz CT molecular complexity index is 2310. The number of pyridine rings is 1. The first-order chi connectivity index (χ1) is 26.6. The number of imidazole rings is 1. The highest BCUT2D eigenvalue weighted by atomic mass is 16.6. The Labute approximate surface area is 326 Å². The van der Waals surface area contributed by atoms with Gasteiger partial charge in [0.2, 0.25) is 0 Å². The molecule has 4 heterocycles. The number of alkyl carbamates (subject to hydrolysis) is 1. The molecule has 0 radical (unpaired) electrons. The van der Waals surface area contributed by atoms with Gasteiger partial charge < -0.3 is 33.6 Å². The van der Waals surface area contributed by atoms with Crippen molar-refractivity contribution in [2.24, 2.45) is 11.8 Å². The lowest BCUT2D eigenvalue weighted by Crippen LogP contribution is -2.46. The van der Waals surface area contributed by atoms with Crippen LogP contribution in [0.2, 0.25) is 0 Å². The van der Waals surface area contributed by atoms with Gasteiger partial charge in [0.15, 0.2) is 5.82 Å². The molecule has 3 atom stereocenters. The maximum atomic E-state index is 14.4. The fourth-order valence-electron chi connectivity index (χ4n) is 8.25. The Morgan fingerprint density at radius 3 is 2.32 bits per heavy atom. The Kier molecular flexibility index (Phi) is 9.45. The molecular formula is C43H51N7O6. The van der Waals surface area contributed by atoms with Crippen LogP contribution in [0.4, 0.5) is 15.4 Å². The summed E-state index contributed by atoms with van der Waals surface area (Å²) in [6.07, 6.45) is 4.84. The second-order valence-corrected chi connectivity index (χ2v) is 17.4. The van der Waals surface area contributed by atoms with Gasteiger partial charge >= 0.3 is 12.2 Å². The molecule has 3 amide bonds. The SMILES string of the molecule is COc1cc(C(=O)N2C[C@H]3CC[C@@H]2[C@@H]3NC(=O)OC(C)(C)C)cc2nc(-c3cc4ccccc4n3CC3CC3)n(Cc3ccc(NC(=O)OC(C)(C)C)nc3)c12. The van der Waals surface area contributed by atoms with Crippen molar-refractivity contribution in [2.75, 3.05) is 19.0 Å². The molecule has 1 saturated heterocycles. The normalized spacial score (nSPS) is 19.4. The summed E-state index contributed by atoms with van der Waals surface area (Å²) in [7, 11) is 1.61. The van der Waals surface area contributed by atoms with E-state index < -0.39 is 23.4 Å². The number of aromatic nitrogens is 4. The number of rotatable bonds is 9. The minimum Gasteiger partial charge on any atom is -0.494 e. The smallest absolute Gasteiger partial charge is 0.413 e. The topological polar surface area (TPSA) is 142 Å². The number of hydrogen-bond acceptors (Lipinski definition) is 8. The third-order valence-corrected chi connectivity index (χ3v) is 10.8. The van der Waals surface area contributed by atoms with Crippen molar-refractivity contribution in [3.05, 3.63) is 71.9 Å². The summed E-state index contributed by atoms with van der Waals surface area (Å²) in [4.78, 5) is 51.3. The summed E-state index contributed by atoms with van der Waals surface area (Å²) in [6.45, 7) is 12.8. The fraction of sp³-hybridized carbons (Fsp3) is 0.465. The molecule has 3 aliphatic rings. The molecular weight excluding hydrogens is 711 g/mol. The van der Waals surface area contributed by atoms with Crippen molar-refractivity contribution in [2.45, 2.75) is 104 Å². The Hall–Kier alpha value is -5.59. The van der Waals surface area contributed by atoms with Crippen LogP contribution in [-0.4, -0.2) is 79.0 Å². The summed E-state index contributed by atoms with van der Waals surface area (Å²) in [5.41, 5.74) is 3.62. The molecule has 2 bridgehead atoms. The number of nitrogens with one attached hydrogen (secondary N) is 2. The van der Waals surface area contributed by atoms with Gasteiger partial charge in [0.1, 0.15) is 28.3 Å². The third-order valence-electron chi connectivity index (χ3n) is 10.8. The summed E-state index contributed by atoms with van der Waals surface area (Å²) < 4.78 is 21.5. The van der Waals surface area contributed by atoms with Gasteiger partial charge in [-0.1, -0.05) is 24.3 Å². The molecule has 1 aliphatic heterocycles. The molecule has 0 spiro atoms. The molecule has 13 nitrogen and oxygen atoms in total. The van der Waals surface area contributed by atoms with Crippen LogP contribution in [0.5, 0.6) is 5.75 Å². The van der Waals surface area contributed by atoms with E-state index >= 15 is 0 Å². The molecule has 13 heteroatoms. The average Bonchev–Trinajstić information content (AvgIpc) is 3.44. The zero-order chi connectivity index (χ0) is 39.5. The Morgan fingerprint density at radius 1 is 0.875 bits per heavy atom. The van der Waals surface area contributed by atoms with Crippen molar-refractivity contribution in [3.63, 3.8) is 0 Å². The van der Waals surface area contributed by atoms with E-state index in [2.05, 4.69) is 55.1 Å². The zero-order valence-corrected chi connectivity index (χ0v) is 33.2. The second-order valence-electron chi connectivity index (χ2n) is 17.4. The molecule has 8 rings (SSSR count). The molecule has 2 N–H and O–H groups in total. The predicted octanol–water partition coefficient (Wildman–Crippen LogP) is 7.99. The largest absolute Gasteiger partial charge is 0.494 e.